The molecule has 1 heterocycles. The van der Waals surface area contributed by atoms with E-state index >= 15 is 0 Å². The molecule has 1 N–H and O–H groups in total. The number of nitro groups is 1. The highest BCUT2D eigenvalue weighted by molar-refractivity contribution is 7.99. The summed E-state index contributed by atoms with van der Waals surface area (Å²) in [6, 6.07) is 10.1. The lowest BCUT2D eigenvalue weighted by atomic mass is 10.2. The number of nitro benzene ring substituents is 1. The van der Waals surface area contributed by atoms with Crippen LogP contribution >= 0.6 is 11.8 Å². The van der Waals surface area contributed by atoms with Gasteiger partial charge in [0.2, 0.25) is 5.91 Å². The maximum atomic E-state index is 13.9. The largest absolute Gasteiger partial charge is 0.497 e. The van der Waals surface area contributed by atoms with Crippen LogP contribution in [0.3, 0.4) is 0 Å². The van der Waals surface area contributed by atoms with Gasteiger partial charge in [-0.15, -0.1) is 10.2 Å². The van der Waals surface area contributed by atoms with Crippen LogP contribution in [0.25, 0.3) is 0 Å². The number of carbonyl (C=O) groups excluding carboxylic acids is 1. The fraction of sp³-hybridized carbons (Fsp3) is 0.286. The van der Waals surface area contributed by atoms with E-state index < -0.39 is 22.8 Å². The predicted octanol–water partition coefficient (Wildman–Crippen LogP) is 4.22. The number of halogens is 1. The first-order valence-corrected chi connectivity index (χ1v) is 10.9. The fourth-order valence-corrected chi connectivity index (χ4v) is 3.78. The quantitative estimate of drug-likeness (QED) is 0.263. The van der Waals surface area contributed by atoms with E-state index in [-0.39, 0.29) is 17.1 Å². The van der Waals surface area contributed by atoms with E-state index in [1.165, 1.54) is 0 Å². The molecule has 0 spiro atoms. The Balaban J connectivity index is 1.66. The first kappa shape index (κ1) is 24.0. The number of hydrogen-bond donors (Lipinski definition) is 1. The Kier molecular flexibility index (Phi) is 7.83. The minimum Gasteiger partial charge on any atom is -0.497 e. The number of carbonyl (C=O) groups is 1. The number of nitrogens with zero attached hydrogens (tertiary/aromatic N) is 4. The van der Waals surface area contributed by atoms with E-state index in [1.54, 1.807) is 19.2 Å². The zero-order chi connectivity index (χ0) is 24.0. The molecule has 1 aromatic heterocycles. The Hall–Kier alpha value is -3.67. The van der Waals surface area contributed by atoms with Crippen molar-refractivity contribution in [2.45, 2.75) is 31.7 Å². The second kappa shape index (κ2) is 10.8. The topological polar surface area (TPSA) is 121 Å². The van der Waals surface area contributed by atoms with Crippen LogP contribution in [-0.2, 0) is 11.3 Å². The van der Waals surface area contributed by atoms with Crippen molar-refractivity contribution in [3.8, 4) is 11.5 Å². The lowest BCUT2D eigenvalue weighted by Gasteiger charge is -2.16. The van der Waals surface area contributed by atoms with E-state index in [1.807, 2.05) is 30.5 Å². The molecule has 1 unspecified atom stereocenters. The van der Waals surface area contributed by atoms with Crippen molar-refractivity contribution in [1.82, 2.24) is 14.8 Å². The van der Waals surface area contributed by atoms with Crippen LogP contribution < -0.4 is 14.8 Å². The van der Waals surface area contributed by atoms with Crippen molar-refractivity contribution in [2.24, 2.45) is 0 Å². The minimum atomic E-state index is -0.763. The van der Waals surface area contributed by atoms with Crippen LogP contribution in [0, 0.1) is 15.9 Å². The smallest absolute Gasteiger partial charge is 0.271 e. The molecule has 0 aliphatic carbocycles. The van der Waals surface area contributed by atoms with Crippen molar-refractivity contribution in [2.75, 3.05) is 18.2 Å². The first-order chi connectivity index (χ1) is 15.8. The number of rotatable bonds is 10. The maximum absolute atomic E-state index is 13.9. The number of thioether (sulfide) groups is 1. The minimum absolute atomic E-state index is 0.0919. The van der Waals surface area contributed by atoms with E-state index in [9.17, 15) is 19.3 Å². The summed E-state index contributed by atoms with van der Waals surface area (Å²) in [6.45, 7) is 4.28. The normalized spacial score (nSPS) is 11.6. The molecule has 0 bridgehead atoms. The third-order valence-corrected chi connectivity index (χ3v) is 5.51. The van der Waals surface area contributed by atoms with Gasteiger partial charge in [0.25, 0.3) is 5.69 Å². The lowest BCUT2D eigenvalue weighted by molar-refractivity contribution is -0.384. The molecule has 1 atom stereocenters. The zero-order valence-electron chi connectivity index (χ0n) is 18.1. The van der Waals surface area contributed by atoms with Gasteiger partial charge in [-0.2, -0.15) is 0 Å². The van der Waals surface area contributed by atoms with Gasteiger partial charge in [0, 0.05) is 24.7 Å². The molecule has 0 saturated carbocycles. The second-order valence-electron chi connectivity index (χ2n) is 6.78. The molecule has 12 heteroatoms. The number of non-ortho nitro benzene ring substituents is 1. The molecule has 174 valence electrons. The molecular formula is C21H22FN5O5S. The number of nitrogens with one attached hydrogen (secondary N) is 1. The number of anilines is 1. The van der Waals surface area contributed by atoms with Gasteiger partial charge >= 0.3 is 0 Å². The van der Waals surface area contributed by atoms with Gasteiger partial charge < -0.3 is 19.4 Å². The van der Waals surface area contributed by atoms with Crippen molar-refractivity contribution >= 4 is 29.0 Å². The van der Waals surface area contributed by atoms with Crippen LogP contribution in [0.5, 0.6) is 11.5 Å². The lowest BCUT2D eigenvalue weighted by Crippen LogP contribution is -2.16. The van der Waals surface area contributed by atoms with Gasteiger partial charge in [-0.1, -0.05) is 17.8 Å². The van der Waals surface area contributed by atoms with E-state index in [0.717, 1.165) is 30.0 Å². The highest BCUT2D eigenvalue weighted by Gasteiger charge is 2.20. The molecule has 0 aliphatic rings. The fourth-order valence-electron chi connectivity index (χ4n) is 2.98. The molecule has 0 fully saturated rings. The Morgan fingerprint density at radius 1 is 1.27 bits per heavy atom. The van der Waals surface area contributed by atoms with E-state index in [2.05, 4.69) is 15.5 Å². The highest BCUT2D eigenvalue weighted by Crippen LogP contribution is 2.27. The Bertz CT molecular complexity index is 1160. The maximum Gasteiger partial charge on any atom is 0.271 e. The van der Waals surface area contributed by atoms with Crippen molar-refractivity contribution in [3.63, 3.8) is 0 Å². The van der Waals surface area contributed by atoms with Crippen LogP contribution in [0.4, 0.5) is 15.8 Å². The first-order valence-electron chi connectivity index (χ1n) is 9.92. The Morgan fingerprint density at radius 3 is 2.73 bits per heavy atom. The number of amides is 1. The SMILES string of the molecule is CCn1c(SCC(=O)Nc2cc([N+](=O)[O-])ccc2F)nnc1C(C)Oc1cccc(OC)c1. The molecule has 3 rings (SSSR count). The molecule has 1 amide bonds. The molecule has 0 aliphatic heterocycles. The van der Waals surface area contributed by atoms with Gasteiger partial charge in [0.1, 0.15) is 17.3 Å². The number of hydrogen-bond acceptors (Lipinski definition) is 8. The number of ether oxygens (including phenoxy) is 2. The van der Waals surface area contributed by atoms with E-state index in [4.69, 9.17) is 9.47 Å². The molecule has 33 heavy (non-hydrogen) atoms. The predicted molar refractivity (Wildman–Crippen MR) is 120 cm³/mol. The zero-order valence-corrected chi connectivity index (χ0v) is 19.0. The second-order valence-corrected chi connectivity index (χ2v) is 7.72. The number of benzene rings is 2. The molecule has 2 aromatic carbocycles. The summed E-state index contributed by atoms with van der Waals surface area (Å²) >= 11 is 1.11. The van der Waals surface area contributed by atoms with Crippen molar-refractivity contribution < 1.29 is 23.6 Å². The number of aromatic nitrogens is 3. The average Bonchev–Trinajstić information content (AvgIpc) is 3.22. The monoisotopic (exact) mass is 475 g/mol. The highest BCUT2D eigenvalue weighted by atomic mass is 32.2. The van der Waals surface area contributed by atoms with Gasteiger partial charge in [-0.25, -0.2) is 4.39 Å². The molecular weight excluding hydrogens is 453 g/mol. The van der Waals surface area contributed by atoms with Crippen LogP contribution in [0.1, 0.15) is 25.8 Å². The summed E-state index contributed by atoms with van der Waals surface area (Å²) in [5.74, 6) is 0.464. The molecule has 0 radical (unpaired) electrons. The van der Waals surface area contributed by atoms with Gasteiger partial charge in [-0.3, -0.25) is 14.9 Å². The molecule has 3 aromatic rings. The van der Waals surface area contributed by atoms with Gasteiger partial charge in [0.15, 0.2) is 17.1 Å². The summed E-state index contributed by atoms with van der Waals surface area (Å²) in [7, 11) is 1.57. The standard InChI is InChI=1S/C21H22FN5O5S/c1-4-26-20(13(2)32-16-7-5-6-15(11-16)31-3)24-25-21(26)33-12-19(28)23-18-10-14(27(29)30)8-9-17(18)22/h5-11,13H,4,12H2,1-3H3,(H,23,28). The van der Waals surface area contributed by atoms with E-state index in [0.29, 0.717) is 29.0 Å². The van der Waals surface area contributed by atoms with Crippen LogP contribution in [-0.4, -0.2) is 38.5 Å². The summed E-state index contributed by atoms with van der Waals surface area (Å²) in [5, 5.41) is 22.1. The summed E-state index contributed by atoms with van der Waals surface area (Å²) in [5.41, 5.74) is -0.576. The summed E-state index contributed by atoms with van der Waals surface area (Å²) in [6.07, 6.45) is -0.424. The Labute approximate surface area is 193 Å². The van der Waals surface area contributed by atoms with Gasteiger partial charge in [0.05, 0.1) is 23.5 Å². The third kappa shape index (κ3) is 5.98. The average molecular weight is 476 g/mol. The summed E-state index contributed by atoms with van der Waals surface area (Å²) in [4.78, 5) is 22.5. The molecule has 0 saturated heterocycles. The van der Waals surface area contributed by atoms with Gasteiger partial charge in [-0.05, 0) is 32.0 Å². The Morgan fingerprint density at radius 2 is 2.03 bits per heavy atom. The summed E-state index contributed by atoms with van der Waals surface area (Å²) < 4.78 is 26.9. The molecule has 10 nitrogen and oxygen atoms in total. The number of methoxy groups -OCH3 is 1. The van der Waals surface area contributed by atoms with Crippen LogP contribution in [0.15, 0.2) is 47.6 Å². The van der Waals surface area contributed by atoms with Crippen molar-refractivity contribution in [3.05, 3.63) is 64.2 Å². The van der Waals surface area contributed by atoms with Crippen molar-refractivity contribution in [1.29, 1.82) is 0 Å². The van der Waals surface area contributed by atoms with Crippen LogP contribution in [0.2, 0.25) is 0 Å². The third-order valence-electron chi connectivity index (χ3n) is 4.55.